The van der Waals surface area contributed by atoms with Crippen LogP contribution in [0.2, 0.25) is 0 Å². The van der Waals surface area contributed by atoms with Gasteiger partial charge < -0.3 is 10.1 Å². The van der Waals surface area contributed by atoms with Gasteiger partial charge in [0.05, 0.1) is 12.8 Å². The Bertz CT molecular complexity index is 833. The van der Waals surface area contributed by atoms with Gasteiger partial charge in [0.15, 0.2) is 0 Å². The molecular formula is C19H19N3O2S. The summed E-state index contributed by atoms with van der Waals surface area (Å²) in [5, 5.41) is 3.74. The Morgan fingerprint density at radius 2 is 2.00 bits per heavy atom. The summed E-state index contributed by atoms with van der Waals surface area (Å²) in [5.74, 6) is 0.420. The first kappa shape index (κ1) is 17.1. The van der Waals surface area contributed by atoms with Gasteiger partial charge in [-0.3, -0.25) is 4.79 Å². The van der Waals surface area contributed by atoms with Gasteiger partial charge in [-0.1, -0.05) is 43.3 Å². The zero-order valence-corrected chi connectivity index (χ0v) is 14.8. The van der Waals surface area contributed by atoms with Crippen molar-refractivity contribution in [3.63, 3.8) is 0 Å². The molecule has 5 nitrogen and oxygen atoms in total. The first-order valence-corrected chi connectivity index (χ1v) is 8.95. The lowest BCUT2D eigenvalue weighted by Crippen LogP contribution is -2.22. The molecule has 0 fully saturated rings. The van der Waals surface area contributed by atoms with Crippen LogP contribution in [-0.4, -0.2) is 22.5 Å². The lowest BCUT2D eigenvalue weighted by molar-refractivity contribution is 0.0954. The van der Waals surface area contributed by atoms with Gasteiger partial charge in [-0.15, -0.1) is 11.3 Å². The predicted molar refractivity (Wildman–Crippen MR) is 98.7 cm³/mol. The van der Waals surface area contributed by atoms with E-state index >= 15 is 0 Å². The highest BCUT2D eigenvalue weighted by molar-refractivity contribution is 7.16. The standard InChI is InChI=1S/C19H19N3O2S/c1-2-11-24-18-15(9-6-10-20-18)12-21-17(23)16-13-22-19(25-16)14-7-4-3-5-8-14/h3-10,13H,2,11-12H2,1H3,(H,21,23). The van der Waals surface area contributed by atoms with Gasteiger partial charge in [0.2, 0.25) is 5.88 Å². The molecule has 0 radical (unpaired) electrons. The molecule has 0 unspecified atom stereocenters. The lowest BCUT2D eigenvalue weighted by atomic mass is 10.2. The Balaban J connectivity index is 1.65. The number of carbonyl (C=O) groups is 1. The van der Waals surface area contributed by atoms with Crippen LogP contribution >= 0.6 is 11.3 Å². The molecule has 0 aliphatic rings. The molecule has 0 bridgehead atoms. The molecule has 1 amide bonds. The molecule has 128 valence electrons. The zero-order valence-electron chi connectivity index (χ0n) is 13.9. The largest absolute Gasteiger partial charge is 0.477 e. The van der Waals surface area contributed by atoms with Crippen molar-refractivity contribution < 1.29 is 9.53 Å². The number of pyridine rings is 1. The number of benzene rings is 1. The highest BCUT2D eigenvalue weighted by atomic mass is 32.1. The van der Waals surface area contributed by atoms with E-state index in [2.05, 4.69) is 15.3 Å². The molecule has 0 spiro atoms. The van der Waals surface area contributed by atoms with Crippen LogP contribution in [0, 0.1) is 0 Å². The van der Waals surface area contributed by atoms with E-state index in [0.29, 0.717) is 23.9 Å². The van der Waals surface area contributed by atoms with Crippen LogP contribution in [0.5, 0.6) is 5.88 Å². The summed E-state index contributed by atoms with van der Waals surface area (Å²) in [6.07, 6.45) is 4.21. The van der Waals surface area contributed by atoms with Gasteiger partial charge in [0.25, 0.3) is 5.91 Å². The van der Waals surface area contributed by atoms with Gasteiger partial charge in [-0.2, -0.15) is 0 Å². The summed E-state index contributed by atoms with van der Waals surface area (Å²) < 4.78 is 5.61. The van der Waals surface area contributed by atoms with E-state index in [1.807, 2.05) is 49.4 Å². The van der Waals surface area contributed by atoms with Gasteiger partial charge >= 0.3 is 0 Å². The Hall–Kier alpha value is -2.73. The van der Waals surface area contributed by atoms with Crippen LogP contribution in [0.15, 0.2) is 54.9 Å². The van der Waals surface area contributed by atoms with E-state index in [4.69, 9.17) is 4.74 Å². The highest BCUT2D eigenvalue weighted by Crippen LogP contribution is 2.24. The maximum Gasteiger partial charge on any atom is 0.263 e. The van der Waals surface area contributed by atoms with E-state index in [0.717, 1.165) is 22.6 Å². The van der Waals surface area contributed by atoms with Gasteiger partial charge in [-0.25, -0.2) is 9.97 Å². The maximum atomic E-state index is 12.4. The van der Waals surface area contributed by atoms with E-state index in [1.165, 1.54) is 11.3 Å². The summed E-state index contributed by atoms with van der Waals surface area (Å²) in [5.41, 5.74) is 1.87. The molecule has 3 aromatic rings. The van der Waals surface area contributed by atoms with Gasteiger partial charge in [-0.05, 0) is 12.5 Å². The number of nitrogens with one attached hydrogen (secondary N) is 1. The Morgan fingerprint density at radius 1 is 1.16 bits per heavy atom. The molecule has 1 N–H and O–H groups in total. The fourth-order valence-electron chi connectivity index (χ4n) is 2.24. The fraction of sp³-hybridized carbons (Fsp3) is 0.211. The van der Waals surface area contributed by atoms with E-state index in [1.54, 1.807) is 12.4 Å². The normalized spacial score (nSPS) is 10.4. The summed E-state index contributed by atoms with van der Waals surface area (Å²) in [6, 6.07) is 13.6. The number of thiazole rings is 1. The van der Waals surface area contributed by atoms with E-state index in [-0.39, 0.29) is 5.91 Å². The van der Waals surface area contributed by atoms with Gasteiger partial charge in [0, 0.05) is 23.9 Å². The second kappa shape index (κ2) is 8.39. The number of carbonyl (C=O) groups excluding carboxylic acids is 1. The van der Waals surface area contributed by atoms with Crippen molar-refractivity contribution in [2.75, 3.05) is 6.61 Å². The Kier molecular flexibility index (Phi) is 5.74. The maximum absolute atomic E-state index is 12.4. The summed E-state index contributed by atoms with van der Waals surface area (Å²) >= 11 is 1.38. The number of nitrogens with zero attached hydrogens (tertiary/aromatic N) is 2. The predicted octanol–water partition coefficient (Wildman–Crippen LogP) is 3.92. The van der Waals surface area contributed by atoms with Crippen LogP contribution in [-0.2, 0) is 6.54 Å². The molecule has 2 aromatic heterocycles. The molecule has 0 aliphatic heterocycles. The first-order valence-electron chi connectivity index (χ1n) is 8.14. The van der Waals surface area contributed by atoms with Crippen LogP contribution in [0.25, 0.3) is 10.6 Å². The van der Waals surface area contributed by atoms with Crippen LogP contribution in [0.1, 0.15) is 28.6 Å². The number of ether oxygens (including phenoxy) is 1. The second-order valence-corrected chi connectivity index (χ2v) is 6.43. The summed E-state index contributed by atoms with van der Waals surface area (Å²) in [4.78, 5) is 21.5. The van der Waals surface area contributed by atoms with Crippen molar-refractivity contribution in [3.05, 3.63) is 65.3 Å². The number of hydrogen-bond donors (Lipinski definition) is 1. The third-order valence-electron chi connectivity index (χ3n) is 3.48. The quantitative estimate of drug-likeness (QED) is 0.699. The Morgan fingerprint density at radius 3 is 2.80 bits per heavy atom. The van der Waals surface area contributed by atoms with Crippen molar-refractivity contribution in [1.29, 1.82) is 0 Å². The van der Waals surface area contributed by atoms with Crippen molar-refractivity contribution in [2.24, 2.45) is 0 Å². The van der Waals surface area contributed by atoms with Gasteiger partial charge in [0.1, 0.15) is 9.88 Å². The van der Waals surface area contributed by atoms with E-state index < -0.39 is 0 Å². The third kappa shape index (κ3) is 4.42. The second-order valence-electron chi connectivity index (χ2n) is 5.39. The average Bonchev–Trinajstić information content (AvgIpc) is 3.16. The minimum Gasteiger partial charge on any atom is -0.477 e. The molecule has 6 heteroatoms. The zero-order chi connectivity index (χ0) is 17.5. The molecule has 2 heterocycles. The molecule has 1 aromatic carbocycles. The number of rotatable bonds is 7. The van der Waals surface area contributed by atoms with Crippen LogP contribution in [0.3, 0.4) is 0 Å². The number of amides is 1. The fourth-order valence-corrected chi connectivity index (χ4v) is 3.08. The highest BCUT2D eigenvalue weighted by Gasteiger charge is 2.13. The smallest absolute Gasteiger partial charge is 0.263 e. The third-order valence-corrected chi connectivity index (χ3v) is 4.53. The first-order chi connectivity index (χ1) is 12.3. The monoisotopic (exact) mass is 353 g/mol. The minimum atomic E-state index is -0.148. The SMILES string of the molecule is CCCOc1ncccc1CNC(=O)c1cnc(-c2ccccc2)s1. The number of aromatic nitrogens is 2. The van der Waals surface area contributed by atoms with Crippen molar-refractivity contribution in [3.8, 4) is 16.5 Å². The molecule has 0 saturated carbocycles. The van der Waals surface area contributed by atoms with Crippen LogP contribution in [0.4, 0.5) is 0 Å². The Labute approximate surface area is 150 Å². The molecule has 3 rings (SSSR count). The van der Waals surface area contributed by atoms with Crippen molar-refractivity contribution >= 4 is 17.2 Å². The summed E-state index contributed by atoms with van der Waals surface area (Å²) in [7, 11) is 0. The topological polar surface area (TPSA) is 64.1 Å². The van der Waals surface area contributed by atoms with Crippen LogP contribution < -0.4 is 10.1 Å². The average molecular weight is 353 g/mol. The minimum absolute atomic E-state index is 0.148. The van der Waals surface area contributed by atoms with Crippen molar-refractivity contribution in [1.82, 2.24) is 15.3 Å². The molecule has 0 atom stereocenters. The lowest BCUT2D eigenvalue weighted by Gasteiger charge is -2.09. The number of hydrogen-bond acceptors (Lipinski definition) is 5. The molecular weight excluding hydrogens is 334 g/mol. The van der Waals surface area contributed by atoms with E-state index in [9.17, 15) is 4.79 Å². The molecule has 0 saturated heterocycles. The van der Waals surface area contributed by atoms with Crippen molar-refractivity contribution in [2.45, 2.75) is 19.9 Å². The molecule has 25 heavy (non-hydrogen) atoms. The molecule has 0 aliphatic carbocycles. The summed E-state index contributed by atoms with van der Waals surface area (Å²) in [6.45, 7) is 3.01.